The molecule has 1 aromatic carbocycles. The van der Waals surface area contributed by atoms with Crippen LogP contribution in [0.5, 0.6) is 0 Å². The van der Waals surface area contributed by atoms with Gasteiger partial charge in [0.2, 0.25) is 5.91 Å². The minimum absolute atomic E-state index is 0.0149. The predicted molar refractivity (Wildman–Crippen MR) is 86.7 cm³/mol. The molecule has 1 saturated carbocycles. The summed E-state index contributed by atoms with van der Waals surface area (Å²) in [5, 5.41) is 2.82. The summed E-state index contributed by atoms with van der Waals surface area (Å²) in [4.78, 5) is 28.5. The zero-order chi connectivity index (χ0) is 15.7. The lowest BCUT2D eigenvalue weighted by Gasteiger charge is -2.25. The Morgan fingerprint density at radius 2 is 2.00 bits per heavy atom. The second-order valence-electron chi connectivity index (χ2n) is 6.11. The molecule has 5 heteroatoms. The van der Waals surface area contributed by atoms with Gasteiger partial charge in [-0.25, -0.2) is 0 Å². The quantitative estimate of drug-likeness (QED) is 0.918. The summed E-state index contributed by atoms with van der Waals surface area (Å²) in [6.45, 7) is 2.90. The Balaban J connectivity index is 1.93. The summed E-state index contributed by atoms with van der Waals surface area (Å²) in [6.07, 6.45) is 3.82. The molecule has 1 N–H and O–H groups in total. The highest BCUT2D eigenvalue weighted by Gasteiger charge is 2.36. The van der Waals surface area contributed by atoms with Crippen LogP contribution in [0.3, 0.4) is 0 Å². The number of nitrogens with zero attached hydrogens (tertiary/aromatic N) is 2. The second kappa shape index (κ2) is 5.99. The van der Waals surface area contributed by atoms with E-state index in [0.29, 0.717) is 12.5 Å². The van der Waals surface area contributed by atoms with E-state index in [-0.39, 0.29) is 11.8 Å². The molecule has 1 heterocycles. The maximum Gasteiger partial charge on any atom is 0.251 e. The van der Waals surface area contributed by atoms with Crippen molar-refractivity contribution >= 4 is 23.2 Å². The molecule has 1 fully saturated rings. The van der Waals surface area contributed by atoms with Crippen LogP contribution in [0.25, 0.3) is 0 Å². The van der Waals surface area contributed by atoms with Gasteiger partial charge >= 0.3 is 0 Å². The van der Waals surface area contributed by atoms with Crippen LogP contribution in [0.15, 0.2) is 24.3 Å². The number of benzene rings is 1. The minimum atomic E-state index is -0.514. The molecule has 22 heavy (non-hydrogen) atoms. The van der Waals surface area contributed by atoms with E-state index < -0.39 is 6.04 Å². The molecule has 117 valence electrons. The van der Waals surface area contributed by atoms with Crippen molar-refractivity contribution in [3.8, 4) is 0 Å². The van der Waals surface area contributed by atoms with Crippen LogP contribution in [0.2, 0.25) is 0 Å². The van der Waals surface area contributed by atoms with Gasteiger partial charge in [-0.05, 0) is 30.9 Å². The Kier molecular flexibility index (Phi) is 4.05. The third kappa shape index (κ3) is 2.93. The van der Waals surface area contributed by atoms with E-state index in [0.717, 1.165) is 17.9 Å². The standard InChI is InChI=1S/C17H22N3O2/c1-3-16(21)18-13-11-19(2)14-6-4-5-7-15(14)20(17(13)22)10-12-8-9-12/h3-7,12-13H,8-11H2,1-2H3,(H,18,21)/t13-/m0/s1. The molecule has 3 rings (SSSR count). The number of hydrogen-bond acceptors (Lipinski definition) is 3. The number of rotatable bonds is 4. The fourth-order valence-corrected chi connectivity index (χ4v) is 2.88. The molecule has 1 radical (unpaired) electrons. The molecule has 1 aliphatic heterocycles. The molecule has 1 aromatic rings. The van der Waals surface area contributed by atoms with Gasteiger partial charge in [-0.3, -0.25) is 9.59 Å². The highest BCUT2D eigenvalue weighted by Crippen LogP contribution is 2.36. The first-order chi connectivity index (χ1) is 10.6. The molecule has 0 unspecified atom stereocenters. The number of carbonyl (C=O) groups is 2. The number of likely N-dealkylation sites (N-methyl/N-ethyl adjacent to an activating group) is 1. The summed E-state index contributed by atoms with van der Waals surface area (Å²) in [5.41, 5.74) is 1.98. The van der Waals surface area contributed by atoms with Crippen molar-refractivity contribution < 1.29 is 9.59 Å². The largest absolute Gasteiger partial charge is 0.370 e. The van der Waals surface area contributed by atoms with Gasteiger partial charge in [-0.2, -0.15) is 0 Å². The van der Waals surface area contributed by atoms with Gasteiger partial charge in [0.05, 0.1) is 11.4 Å². The van der Waals surface area contributed by atoms with Crippen molar-refractivity contribution in [1.29, 1.82) is 0 Å². The molecule has 0 spiro atoms. The summed E-state index contributed by atoms with van der Waals surface area (Å²) in [7, 11) is 1.96. The van der Waals surface area contributed by atoms with Gasteiger partial charge in [0.15, 0.2) is 0 Å². The molecule has 0 bridgehead atoms. The molecule has 2 amide bonds. The van der Waals surface area contributed by atoms with Crippen molar-refractivity contribution in [2.24, 2.45) is 5.92 Å². The predicted octanol–water partition coefficient (Wildman–Crippen LogP) is 1.59. The molecular formula is C17H22N3O2. The maximum atomic E-state index is 12.9. The SMILES string of the molecule is C[CH]C(=O)N[C@H]1CN(C)c2ccccc2N(CC2CC2)C1=O. The summed E-state index contributed by atoms with van der Waals surface area (Å²) in [5.74, 6) is 0.373. The molecule has 1 atom stereocenters. The van der Waals surface area contributed by atoms with E-state index in [2.05, 4.69) is 5.32 Å². The summed E-state index contributed by atoms with van der Waals surface area (Å²) in [6, 6.07) is 7.44. The topological polar surface area (TPSA) is 52.7 Å². The lowest BCUT2D eigenvalue weighted by molar-refractivity contribution is -0.125. The van der Waals surface area contributed by atoms with E-state index in [9.17, 15) is 9.59 Å². The fourth-order valence-electron chi connectivity index (χ4n) is 2.88. The molecule has 2 aliphatic rings. The van der Waals surface area contributed by atoms with Gasteiger partial charge in [0.25, 0.3) is 5.91 Å². The summed E-state index contributed by atoms with van der Waals surface area (Å²) < 4.78 is 0. The molecule has 0 aromatic heterocycles. The van der Waals surface area contributed by atoms with Crippen LogP contribution in [-0.2, 0) is 9.59 Å². The van der Waals surface area contributed by atoms with Crippen molar-refractivity contribution in [3.63, 3.8) is 0 Å². The number of hydrogen-bond donors (Lipinski definition) is 1. The average Bonchev–Trinajstić information content (AvgIpc) is 3.35. The Morgan fingerprint density at radius 1 is 1.32 bits per heavy atom. The lowest BCUT2D eigenvalue weighted by Crippen LogP contribution is -2.52. The Hall–Kier alpha value is -2.04. The van der Waals surface area contributed by atoms with E-state index in [1.165, 1.54) is 19.3 Å². The Morgan fingerprint density at radius 3 is 2.64 bits per heavy atom. The van der Waals surface area contributed by atoms with Crippen LogP contribution in [0, 0.1) is 12.3 Å². The average molecular weight is 300 g/mol. The van der Waals surface area contributed by atoms with Gasteiger partial charge in [-0.15, -0.1) is 0 Å². The smallest absolute Gasteiger partial charge is 0.251 e. The molecule has 0 saturated heterocycles. The van der Waals surface area contributed by atoms with E-state index >= 15 is 0 Å². The van der Waals surface area contributed by atoms with Gasteiger partial charge in [-0.1, -0.05) is 19.1 Å². The zero-order valence-electron chi connectivity index (χ0n) is 13.1. The molecule has 5 nitrogen and oxygen atoms in total. The van der Waals surface area contributed by atoms with Crippen LogP contribution in [0.4, 0.5) is 11.4 Å². The minimum Gasteiger partial charge on any atom is -0.370 e. The maximum absolute atomic E-state index is 12.9. The highest BCUT2D eigenvalue weighted by atomic mass is 16.2. The molecule has 1 aliphatic carbocycles. The van der Waals surface area contributed by atoms with Gasteiger partial charge in [0, 0.05) is 26.6 Å². The third-order valence-corrected chi connectivity index (χ3v) is 4.32. The lowest BCUT2D eigenvalue weighted by atomic mass is 10.2. The van der Waals surface area contributed by atoms with Crippen LogP contribution >= 0.6 is 0 Å². The Bertz CT molecular complexity index is 583. The second-order valence-corrected chi connectivity index (χ2v) is 6.11. The number of carbonyl (C=O) groups excluding carboxylic acids is 2. The van der Waals surface area contributed by atoms with Gasteiger partial charge < -0.3 is 15.1 Å². The first kappa shape index (κ1) is 14.9. The van der Waals surface area contributed by atoms with Crippen molar-refractivity contribution in [2.45, 2.75) is 25.8 Å². The first-order valence-corrected chi connectivity index (χ1v) is 7.81. The number of amides is 2. The zero-order valence-corrected chi connectivity index (χ0v) is 13.1. The monoisotopic (exact) mass is 300 g/mol. The number of fused-ring (bicyclic) bond motifs is 1. The molecular weight excluding hydrogens is 278 g/mol. The highest BCUT2D eigenvalue weighted by molar-refractivity contribution is 6.04. The van der Waals surface area contributed by atoms with Crippen molar-refractivity contribution in [3.05, 3.63) is 30.7 Å². The van der Waals surface area contributed by atoms with Crippen molar-refractivity contribution in [2.75, 3.05) is 29.9 Å². The first-order valence-electron chi connectivity index (χ1n) is 7.81. The van der Waals surface area contributed by atoms with Crippen LogP contribution < -0.4 is 15.1 Å². The van der Waals surface area contributed by atoms with Gasteiger partial charge in [0.1, 0.15) is 6.04 Å². The Labute approximate surface area is 131 Å². The summed E-state index contributed by atoms with van der Waals surface area (Å²) >= 11 is 0. The van der Waals surface area contributed by atoms with E-state index in [1.54, 1.807) is 6.92 Å². The third-order valence-electron chi connectivity index (χ3n) is 4.32. The van der Waals surface area contributed by atoms with E-state index in [4.69, 9.17) is 0 Å². The number of nitrogens with one attached hydrogen (secondary N) is 1. The number of para-hydroxylation sites is 2. The van der Waals surface area contributed by atoms with E-state index in [1.807, 2.05) is 41.1 Å². The normalized spacial score (nSPS) is 21.4. The van der Waals surface area contributed by atoms with Crippen LogP contribution in [0.1, 0.15) is 19.8 Å². The number of anilines is 2. The van der Waals surface area contributed by atoms with Crippen LogP contribution in [-0.4, -0.2) is 38.0 Å². The fraction of sp³-hybridized carbons (Fsp3) is 0.471. The van der Waals surface area contributed by atoms with Crippen molar-refractivity contribution in [1.82, 2.24) is 5.32 Å².